The summed E-state index contributed by atoms with van der Waals surface area (Å²) in [7, 11) is 3.12. The lowest BCUT2D eigenvalue weighted by molar-refractivity contribution is 0.149. The minimum Gasteiger partial charge on any atom is -0.497 e. The third-order valence-corrected chi connectivity index (χ3v) is 6.63. The number of carbonyl (C=O) groups excluding carboxylic acids is 1. The molecule has 0 saturated heterocycles. The van der Waals surface area contributed by atoms with Gasteiger partial charge in [-0.25, -0.2) is 4.79 Å². The maximum Gasteiger partial charge on any atom is 0.414 e. The van der Waals surface area contributed by atoms with Crippen LogP contribution in [-0.2, 0) is 11.3 Å². The average Bonchev–Trinajstić information content (AvgIpc) is 3.28. The molecule has 0 unspecified atom stereocenters. The number of nitrogens with zero attached hydrogens (tertiary/aromatic N) is 3. The third kappa shape index (κ3) is 4.69. The maximum absolute atomic E-state index is 13.6. The van der Waals surface area contributed by atoms with Gasteiger partial charge in [-0.1, -0.05) is 48.5 Å². The molecule has 0 heterocycles. The highest BCUT2D eigenvalue weighted by molar-refractivity contribution is 5.90. The molecule has 0 aromatic heterocycles. The van der Waals surface area contributed by atoms with Gasteiger partial charge in [0.25, 0.3) is 0 Å². The van der Waals surface area contributed by atoms with E-state index in [0.717, 1.165) is 16.7 Å². The van der Waals surface area contributed by atoms with Gasteiger partial charge in [-0.05, 0) is 52.1 Å². The number of fused-ring (bicyclic) bond motifs is 3. The van der Waals surface area contributed by atoms with Crippen LogP contribution in [0.4, 0.5) is 16.2 Å². The van der Waals surface area contributed by atoms with Crippen molar-refractivity contribution in [1.29, 1.82) is 5.39 Å². The van der Waals surface area contributed by atoms with Crippen molar-refractivity contribution in [2.24, 2.45) is 0 Å². The molecule has 7 nitrogen and oxygen atoms in total. The number of rotatable bonds is 7. The quantitative estimate of drug-likeness (QED) is 0.256. The van der Waals surface area contributed by atoms with Gasteiger partial charge in [0.1, 0.15) is 18.1 Å². The van der Waals surface area contributed by atoms with Gasteiger partial charge in [-0.3, -0.25) is 4.90 Å². The van der Waals surface area contributed by atoms with Gasteiger partial charge in [0.15, 0.2) is 4.98 Å². The van der Waals surface area contributed by atoms with Crippen LogP contribution in [0.3, 0.4) is 0 Å². The molecule has 7 heteroatoms. The Morgan fingerprint density at radius 1 is 0.865 bits per heavy atom. The second-order valence-corrected chi connectivity index (χ2v) is 8.69. The molecule has 0 N–H and O–H groups in total. The topological polar surface area (TPSA) is 76.2 Å². The van der Waals surface area contributed by atoms with Gasteiger partial charge in [0.05, 0.1) is 26.5 Å². The van der Waals surface area contributed by atoms with Crippen LogP contribution in [0.2, 0.25) is 0 Å². The smallest absolute Gasteiger partial charge is 0.414 e. The standard InChI is InChI=1S/C30H26N3O4/c1-35-22-15-16-28(29(17-22)36-2)33(18-20-11-13-21(32-31)14-12-20)30(34)37-19-27-25-9-5-3-7-23(25)24-8-4-6-10-26(24)27/h3-17,27H,18-19H2,1-2H3/q+1. The molecular formula is C30H26N3O4+. The molecule has 0 radical (unpaired) electrons. The fourth-order valence-corrected chi connectivity index (χ4v) is 4.78. The minimum atomic E-state index is -0.499. The predicted octanol–water partition coefficient (Wildman–Crippen LogP) is 7.14. The van der Waals surface area contributed by atoms with Crippen LogP contribution in [0.25, 0.3) is 16.1 Å². The van der Waals surface area contributed by atoms with Crippen molar-refractivity contribution in [3.8, 4) is 22.6 Å². The first-order chi connectivity index (χ1) is 18.1. The number of benzene rings is 4. The molecular weight excluding hydrogens is 466 g/mol. The zero-order valence-corrected chi connectivity index (χ0v) is 20.6. The highest BCUT2D eigenvalue weighted by atomic mass is 16.6. The van der Waals surface area contributed by atoms with E-state index in [1.807, 2.05) is 24.3 Å². The monoisotopic (exact) mass is 492 g/mol. The fraction of sp³-hybridized carbons (Fsp3) is 0.167. The van der Waals surface area contributed by atoms with Gasteiger partial charge >= 0.3 is 11.8 Å². The van der Waals surface area contributed by atoms with Gasteiger partial charge in [-0.15, -0.1) is 0 Å². The van der Waals surface area contributed by atoms with Crippen molar-refractivity contribution in [3.63, 3.8) is 0 Å². The Bertz CT molecular complexity index is 1430. The van der Waals surface area contributed by atoms with E-state index in [1.54, 1.807) is 56.7 Å². The van der Waals surface area contributed by atoms with E-state index in [9.17, 15) is 4.79 Å². The normalized spacial score (nSPS) is 11.7. The second-order valence-electron chi connectivity index (χ2n) is 8.69. The molecule has 1 aliphatic carbocycles. The first-order valence-electron chi connectivity index (χ1n) is 11.9. The van der Waals surface area contributed by atoms with E-state index in [0.29, 0.717) is 22.9 Å². The van der Waals surface area contributed by atoms with Crippen molar-refractivity contribution in [2.75, 3.05) is 25.7 Å². The summed E-state index contributed by atoms with van der Waals surface area (Å²) in [4.78, 5) is 18.4. The Morgan fingerprint density at radius 2 is 1.51 bits per heavy atom. The van der Waals surface area contributed by atoms with E-state index < -0.39 is 6.09 Å². The average molecular weight is 493 g/mol. The summed E-state index contributed by atoms with van der Waals surface area (Å²) >= 11 is 0. The van der Waals surface area contributed by atoms with Gasteiger partial charge in [0, 0.05) is 24.1 Å². The first kappa shape index (κ1) is 23.9. The molecule has 1 amide bonds. The molecule has 0 bridgehead atoms. The van der Waals surface area contributed by atoms with E-state index in [1.165, 1.54) is 16.0 Å². The minimum absolute atomic E-state index is 0.0542. The number of carbonyl (C=O) groups is 1. The Hall–Kier alpha value is -4.83. The SMILES string of the molecule is COc1ccc(N(Cc2ccc([N+]#N)cc2)C(=O)OCC2c3ccccc3-c3ccccc32)c(OC)c1. The number of diazo groups is 1. The van der Waals surface area contributed by atoms with Gasteiger partial charge in [0.2, 0.25) is 5.39 Å². The van der Waals surface area contributed by atoms with Crippen molar-refractivity contribution < 1.29 is 19.0 Å². The lowest BCUT2D eigenvalue weighted by Crippen LogP contribution is -2.32. The number of hydrogen-bond donors (Lipinski definition) is 0. The Labute approximate surface area is 215 Å². The molecule has 0 fully saturated rings. The first-order valence-corrected chi connectivity index (χ1v) is 11.9. The molecule has 0 atom stereocenters. The molecule has 4 aromatic rings. The summed E-state index contributed by atoms with van der Waals surface area (Å²) in [5.74, 6) is 1.04. The molecule has 37 heavy (non-hydrogen) atoms. The summed E-state index contributed by atoms with van der Waals surface area (Å²) < 4.78 is 16.9. The summed E-state index contributed by atoms with van der Waals surface area (Å²) in [6.45, 7) is 0.426. The van der Waals surface area contributed by atoms with E-state index in [-0.39, 0.29) is 19.1 Å². The van der Waals surface area contributed by atoms with Crippen LogP contribution in [0.1, 0.15) is 22.6 Å². The molecule has 184 valence electrons. The zero-order chi connectivity index (χ0) is 25.8. The lowest BCUT2D eigenvalue weighted by Gasteiger charge is -2.25. The van der Waals surface area contributed by atoms with Crippen LogP contribution in [-0.4, -0.2) is 26.9 Å². The van der Waals surface area contributed by atoms with Gasteiger partial charge in [-0.2, -0.15) is 0 Å². The van der Waals surface area contributed by atoms with Crippen molar-refractivity contribution >= 4 is 17.5 Å². The number of hydrogen-bond acceptors (Lipinski definition) is 5. The predicted molar refractivity (Wildman–Crippen MR) is 142 cm³/mol. The van der Waals surface area contributed by atoms with Crippen LogP contribution in [0.5, 0.6) is 11.5 Å². The third-order valence-electron chi connectivity index (χ3n) is 6.63. The number of methoxy groups -OCH3 is 2. The van der Waals surface area contributed by atoms with E-state index >= 15 is 0 Å². The summed E-state index contributed by atoms with van der Waals surface area (Å²) in [5.41, 5.74) is 6.44. The summed E-state index contributed by atoms with van der Waals surface area (Å²) in [6, 6.07) is 28.7. The van der Waals surface area contributed by atoms with Crippen LogP contribution in [0, 0.1) is 5.39 Å². The molecule has 0 spiro atoms. The fourth-order valence-electron chi connectivity index (χ4n) is 4.78. The molecule has 0 aliphatic heterocycles. The molecule has 0 saturated carbocycles. The van der Waals surface area contributed by atoms with Crippen molar-refractivity contribution in [1.82, 2.24) is 0 Å². The Balaban J connectivity index is 1.44. The Kier molecular flexibility index (Phi) is 6.73. The molecule has 4 aromatic carbocycles. The highest BCUT2D eigenvalue weighted by Crippen LogP contribution is 2.44. The summed E-state index contributed by atoms with van der Waals surface area (Å²) in [6.07, 6.45) is -0.499. The van der Waals surface area contributed by atoms with Crippen molar-refractivity contribution in [3.05, 3.63) is 113 Å². The maximum atomic E-state index is 13.6. The highest BCUT2D eigenvalue weighted by Gasteiger charge is 2.30. The summed E-state index contributed by atoms with van der Waals surface area (Å²) in [5, 5.41) is 9.02. The number of ether oxygens (including phenoxy) is 3. The largest absolute Gasteiger partial charge is 0.497 e. The van der Waals surface area contributed by atoms with Crippen LogP contribution in [0.15, 0.2) is 91.0 Å². The van der Waals surface area contributed by atoms with E-state index in [2.05, 4.69) is 29.2 Å². The molecule has 1 aliphatic rings. The van der Waals surface area contributed by atoms with Crippen LogP contribution < -0.4 is 14.4 Å². The number of anilines is 1. The van der Waals surface area contributed by atoms with Crippen LogP contribution >= 0.6 is 0 Å². The van der Waals surface area contributed by atoms with Crippen molar-refractivity contribution in [2.45, 2.75) is 12.5 Å². The van der Waals surface area contributed by atoms with Gasteiger partial charge < -0.3 is 14.2 Å². The second kappa shape index (κ2) is 10.4. The lowest BCUT2D eigenvalue weighted by atomic mass is 9.98. The zero-order valence-electron chi connectivity index (χ0n) is 20.6. The number of amides is 1. The Morgan fingerprint density at radius 3 is 2.11 bits per heavy atom. The van der Waals surface area contributed by atoms with E-state index in [4.69, 9.17) is 19.6 Å². The molecule has 5 rings (SSSR count).